The van der Waals surface area contributed by atoms with Gasteiger partial charge in [-0.2, -0.15) is 79.0 Å². The number of alkyl halides is 21. The highest BCUT2D eigenvalue weighted by Crippen LogP contribution is 2.83. The molecular formula is C12F21N. The van der Waals surface area contributed by atoms with E-state index in [0.29, 0.717) is 0 Å². The van der Waals surface area contributed by atoms with Crippen molar-refractivity contribution in [1.29, 1.82) is 0 Å². The van der Waals surface area contributed by atoms with Crippen LogP contribution in [0.25, 0.3) is 0 Å². The first-order valence-electron chi connectivity index (χ1n) is 7.64. The zero-order valence-corrected chi connectivity index (χ0v) is 14.4. The average Bonchev–Trinajstić information content (AvgIpc) is 2.61. The van der Waals surface area contributed by atoms with E-state index in [0.717, 1.165) is 0 Å². The van der Waals surface area contributed by atoms with Crippen molar-refractivity contribution >= 4 is 0 Å². The molecule has 4 atom stereocenters. The van der Waals surface area contributed by atoms with Gasteiger partial charge in [0.1, 0.15) is 0 Å². The molecule has 3 rings (SSSR count). The zero-order chi connectivity index (χ0) is 27.6. The van der Waals surface area contributed by atoms with Crippen molar-refractivity contribution in [3.63, 3.8) is 0 Å². The van der Waals surface area contributed by atoms with Gasteiger partial charge in [0, 0.05) is 0 Å². The minimum atomic E-state index is -9.16. The Balaban J connectivity index is 2.76. The molecule has 1 nitrogen and oxygen atoms in total. The molecule has 2 heterocycles. The molecule has 0 aromatic rings. The molecule has 0 radical (unpaired) electrons. The summed E-state index contributed by atoms with van der Waals surface area (Å²) in [6.07, 6.45) is 0. The molecule has 200 valence electrons. The fourth-order valence-corrected chi connectivity index (χ4v) is 4.10. The van der Waals surface area contributed by atoms with Gasteiger partial charge in [-0.3, -0.25) is 0 Å². The topological polar surface area (TPSA) is 3.24 Å². The standard InChI is InChI=1S/C12F21N/c13-1-2(14,5(18,19)8(24,25)7(22,23)4(1,16)17)10(28,29)34-11(30,31)3(1,15)6(20,21)9(26,27)12(34,32)33. The van der Waals surface area contributed by atoms with Crippen LogP contribution < -0.4 is 0 Å². The smallest absolute Gasteiger partial charge is 0.228 e. The maximum atomic E-state index is 15.0. The fourth-order valence-electron chi connectivity index (χ4n) is 4.10. The summed E-state index contributed by atoms with van der Waals surface area (Å²) in [6, 6.07) is -25.3. The molecule has 0 spiro atoms. The summed E-state index contributed by atoms with van der Waals surface area (Å²) in [7, 11) is 0. The van der Waals surface area contributed by atoms with Gasteiger partial charge in [-0.25, -0.2) is 13.2 Å². The second-order valence-corrected chi connectivity index (χ2v) is 7.38. The molecule has 0 N–H and O–H groups in total. The van der Waals surface area contributed by atoms with E-state index >= 15 is 4.39 Å². The lowest BCUT2D eigenvalue weighted by Crippen LogP contribution is -3.05. The van der Waals surface area contributed by atoms with Gasteiger partial charge in [0.25, 0.3) is 5.67 Å². The molecule has 1 aliphatic carbocycles. The summed E-state index contributed by atoms with van der Waals surface area (Å²) >= 11 is 0. The number of hydrogen-bond donors (Lipinski definition) is 0. The highest BCUT2D eigenvalue weighted by Gasteiger charge is 3.17. The Bertz CT molecular complexity index is 920. The molecule has 2 bridgehead atoms. The Morgan fingerprint density at radius 2 is 0.471 bits per heavy atom. The van der Waals surface area contributed by atoms with Crippen molar-refractivity contribution < 1.29 is 92.2 Å². The van der Waals surface area contributed by atoms with Gasteiger partial charge in [-0.15, -0.1) is 4.90 Å². The van der Waals surface area contributed by atoms with Gasteiger partial charge in [-0.05, 0) is 0 Å². The van der Waals surface area contributed by atoms with E-state index in [1.54, 1.807) is 0 Å². The van der Waals surface area contributed by atoms with Crippen LogP contribution >= 0.6 is 0 Å². The second kappa shape index (κ2) is 5.42. The predicted octanol–water partition coefficient (Wildman–Crippen LogP) is 6.04. The van der Waals surface area contributed by atoms with Crippen LogP contribution in [0.1, 0.15) is 0 Å². The van der Waals surface area contributed by atoms with E-state index in [1.807, 2.05) is 0 Å². The Hall–Kier alpha value is -1.51. The number of nitrogens with zero attached hydrogens (tertiary/aromatic N) is 1. The van der Waals surface area contributed by atoms with Gasteiger partial charge in [-0.1, -0.05) is 0 Å². The summed E-state index contributed by atoms with van der Waals surface area (Å²) in [4.78, 5) is -4.58. The first kappa shape index (κ1) is 27.1. The van der Waals surface area contributed by atoms with Crippen LogP contribution in [0.4, 0.5) is 92.2 Å². The van der Waals surface area contributed by atoms with E-state index in [4.69, 9.17) is 0 Å². The summed E-state index contributed by atoms with van der Waals surface area (Å²) in [5.74, 6) is -51.7. The second-order valence-electron chi connectivity index (χ2n) is 7.38. The van der Waals surface area contributed by atoms with Crippen LogP contribution in [0.3, 0.4) is 0 Å². The van der Waals surface area contributed by atoms with E-state index in [9.17, 15) is 87.8 Å². The fraction of sp³-hybridized carbons (Fsp3) is 1.00. The molecule has 2 aliphatic heterocycles. The van der Waals surface area contributed by atoms with E-state index in [1.165, 1.54) is 0 Å². The van der Waals surface area contributed by atoms with E-state index in [2.05, 4.69) is 0 Å². The minimum Gasteiger partial charge on any atom is -0.228 e. The lowest BCUT2D eigenvalue weighted by molar-refractivity contribution is -0.613. The molecule has 3 fully saturated rings. The number of hydrogen-bond acceptors (Lipinski definition) is 1. The number of piperidine rings is 2. The molecule has 1 saturated carbocycles. The van der Waals surface area contributed by atoms with Gasteiger partial charge >= 0.3 is 65.0 Å². The molecule has 3 aliphatic rings. The van der Waals surface area contributed by atoms with Crippen molar-refractivity contribution in [3.8, 4) is 0 Å². The molecule has 0 aromatic carbocycles. The first-order valence-corrected chi connectivity index (χ1v) is 7.64. The predicted molar refractivity (Wildman–Crippen MR) is 57.9 cm³/mol. The van der Waals surface area contributed by atoms with Crippen molar-refractivity contribution in [2.45, 2.75) is 70.7 Å². The van der Waals surface area contributed by atoms with Crippen LogP contribution in [0, 0.1) is 0 Å². The molecular weight excluding hydrogens is 557 g/mol. The third-order valence-electron chi connectivity index (χ3n) is 5.87. The first-order chi connectivity index (χ1) is 14.4. The van der Waals surface area contributed by atoms with Crippen molar-refractivity contribution in [1.82, 2.24) is 4.90 Å². The number of fused-ring (bicyclic) bond motifs is 4. The van der Waals surface area contributed by atoms with Gasteiger partial charge in [0.15, 0.2) is 0 Å². The molecule has 0 aromatic heterocycles. The Kier molecular flexibility index (Phi) is 4.32. The summed E-state index contributed by atoms with van der Waals surface area (Å²) in [6.45, 7) is 0. The van der Waals surface area contributed by atoms with Crippen molar-refractivity contribution in [2.24, 2.45) is 0 Å². The largest absolute Gasteiger partial charge is 0.390 e. The van der Waals surface area contributed by atoms with Crippen molar-refractivity contribution in [2.75, 3.05) is 0 Å². The maximum absolute atomic E-state index is 15.0. The Morgan fingerprint density at radius 3 is 0.765 bits per heavy atom. The normalized spacial score (nSPS) is 47.4. The third-order valence-corrected chi connectivity index (χ3v) is 5.87. The molecule has 34 heavy (non-hydrogen) atoms. The Morgan fingerprint density at radius 1 is 0.235 bits per heavy atom. The lowest BCUT2D eigenvalue weighted by Gasteiger charge is -2.70. The van der Waals surface area contributed by atoms with Crippen LogP contribution in [0.5, 0.6) is 0 Å². The quantitative estimate of drug-likeness (QED) is 0.260. The van der Waals surface area contributed by atoms with Crippen molar-refractivity contribution in [3.05, 3.63) is 0 Å². The molecule has 22 heteroatoms. The van der Waals surface area contributed by atoms with Gasteiger partial charge in [0.2, 0.25) is 0 Å². The third kappa shape index (κ3) is 1.71. The zero-order valence-electron chi connectivity index (χ0n) is 14.4. The summed E-state index contributed by atoms with van der Waals surface area (Å²) in [5, 5.41) is 0. The van der Waals surface area contributed by atoms with Crippen LogP contribution in [0.15, 0.2) is 0 Å². The number of rotatable bonds is 0. The van der Waals surface area contributed by atoms with E-state index < -0.39 is 75.6 Å². The maximum Gasteiger partial charge on any atom is 0.390 e. The molecule has 2 saturated heterocycles. The van der Waals surface area contributed by atoms with Crippen LogP contribution in [-0.2, 0) is 0 Å². The van der Waals surface area contributed by atoms with Crippen LogP contribution in [0.2, 0.25) is 0 Å². The lowest BCUT2D eigenvalue weighted by atomic mass is 9.52. The average molecular weight is 557 g/mol. The highest BCUT2D eigenvalue weighted by atomic mass is 19.4. The van der Waals surface area contributed by atoms with Crippen LogP contribution in [-0.4, -0.2) is 75.6 Å². The summed E-state index contributed by atoms with van der Waals surface area (Å²) in [5.41, 5.74) is -27.0. The molecule has 0 amide bonds. The summed E-state index contributed by atoms with van der Waals surface area (Å²) < 4.78 is 294. The monoisotopic (exact) mass is 557 g/mol. The SMILES string of the molecule is FC1(F)N2C(F)(F)C(F)(C(F)(F)C1(F)F)C1(F)C(F)(F)C(F)(F)C(F)(F)C(F)(F)C1(F)C2(F)F. The molecule has 4 unspecified atom stereocenters. The highest BCUT2D eigenvalue weighted by molar-refractivity contribution is 5.45. The van der Waals surface area contributed by atoms with Gasteiger partial charge < -0.3 is 0 Å². The number of halogens is 21. The van der Waals surface area contributed by atoms with Gasteiger partial charge in [0.05, 0.1) is 0 Å². The Labute approximate surface area is 169 Å². The van der Waals surface area contributed by atoms with E-state index in [-0.39, 0.29) is 0 Å². The minimum absolute atomic E-state index is 4.58.